The number of rotatable bonds is 7. The molecule has 150 valence electrons. The van der Waals surface area contributed by atoms with Gasteiger partial charge in [-0.15, -0.1) is 49.6 Å². The maximum atomic E-state index is 11.2. The van der Waals surface area contributed by atoms with Gasteiger partial charge in [0.1, 0.15) is 0 Å². The molecule has 0 atom stereocenters. The fraction of sp³-hybridized carbons (Fsp3) is 0.286. The van der Waals surface area contributed by atoms with E-state index in [-0.39, 0.29) is 61.1 Å². The summed E-state index contributed by atoms with van der Waals surface area (Å²) in [5, 5.41) is 25.2. The van der Waals surface area contributed by atoms with E-state index in [0.29, 0.717) is 37.6 Å². The number of aromatic hydroxyl groups is 2. The van der Waals surface area contributed by atoms with Crippen LogP contribution in [-0.4, -0.2) is 33.3 Å². The first-order valence-corrected chi connectivity index (χ1v) is 6.80. The van der Waals surface area contributed by atoms with Crippen LogP contribution in [0.25, 0.3) is 0 Å². The Kier molecular flexibility index (Phi) is 16.6. The largest absolute Gasteiger partial charge is 0.503 e. The zero-order valence-electron chi connectivity index (χ0n) is 13.5. The molecule has 26 heavy (non-hydrogen) atoms. The summed E-state index contributed by atoms with van der Waals surface area (Å²) in [6.07, 6.45) is 2.96. The minimum Gasteiger partial charge on any atom is -0.503 e. The fourth-order valence-corrected chi connectivity index (χ4v) is 1.90. The monoisotopic (exact) mass is 450 g/mol. The summed E-state index contributed by atoms with van der Waals surface area (Å²) >= 11 is 0. The molecule has 2 aromatic heterocycles. The number of aromatic nitrogens is 2. The summed E-state index contributed by atoms with van der Waals surface area (Å²) in [6.45, 7) is 1.82. The topological polar surface area (TPSA) is 130 Å². The zero-order valence-corrected chi connectivity index (χ0v) is 16.7. The molecule has 0 aliphatic heterocycles. The lowest BCUT2D eigenvalue weighted by Gasteiger charge is -2.08. The molecule has 0 aromatic carbocycles. The van der Waals surface area contributed by atoms with Gasteiger partial charge in [0.15, 0.2) is 11.5 Å². The van der Waals surface area contributed by atoms with Crippen molar-refractivity contribution in [3.63, 3.8) is 0 Å². The molecule has 0 bridgehead atoms. The van der Waals surface area contributed by atoms with Gasteiger partial charge in [0.25, 0.3) is 0 Å². The summed E-state index contributed by atoms with van der Waals surface area (Å²) in [5.41, 5.74) is 0.0180. The maximum absolute atomic E-state index is 11.2. The molecule has 0 saturated carbocycles. The molecule has 12 heteroatoms. The van der Waals surface area contributed by atoms with Gasteiger partial charge in [0.2, 0.25) is 10.9 Å². The van der Waals surface area contributed by atoms with Crippen molar-refractivity contribution in [1.82, 2.24) is 20.6 Å². The van der Waals surface area contributed by atoms with Crippen LogP contribution in [0.3, 0.4) is 0 Å². The number of H-pyrrole nitrogens is 2. The van der Waals surface area contributed by atoms with Gasteiger partial charge in [0.05, 0.1) is 11.4 Å². The van der Waals surface area contributed by atoms with Crippen LogP contribution in [-0.2, 0) is 13.1 Å². The highest BCUT2D eigenvalue weighted by atomic mass is 35.5. The van der Waals surface area contributed by atoms with Gasteiger partial charge in [-0.25, -0.2) is 0 Å². The molecule has 0 fully saturated rings. The molecular formula is C14H22Cl4N4O4. The summed E-state index contributed by atoms with van der Waals surface area (Å²) in [6, 6.07) is 2.51. The molecule has 0 amide bonds. The van der Waals surface area contributed by atoms with Crippen molar-refractivity contribution < 1.29 is 10.2 Å². The quantitative estimate of drug-likeness (QED) is 0.349. The van der Waals surface area contributed by atoms with Crippen molar-refractivity contribution in [2.45, 2.75) is 13.1 Å². The molecule has 0 radical (unpaired) electrons. The van der Waals surface area contributed by atoms with Gasteiger partial charge in [-0.3, -0.25) is 9.59 Å². The molecule has 6 N–H and O–H groups in total. The van der Waals surface area contributed by atoms with Crippen LogP contribution in [0.15, 0.2) is 34.1 Å². The fourth-order valence-electron chi connectivity index (χ4n) is 1.90. The van der Waals surface area contributed by atoms with Crippen LogP contribution in [0.5, 0.6) is 11.5 Å². The van der Waals surface area contributed by atoms with E-state index in [1.807, 2.05) is 0 Å². The smallest absolute Gasteiger partial charge is 0.223 e. The number of hydrogen-bond donors (Lipinski definition) is 6. The zero-order chi connectivity index (χ0) is 15.9. The van der Waals surface area contributed by atoms with Crippen molar-refractivity contribution in [3.8, 4) is 11.5 Å². The van der Waals surface area contributed by atoms with Crippen LogP contribution < -0.4 is 21.5 Å². The first kappa shape index (κ1) is 29.3. The summed E-state index contributed by atoms with van der Waals surface area (Å²) in [5.74, 6) is -0.565. The third-order valence-electron chi connectivity index (χ3n) is 3.11. The van der Waals surface area contributed by atoms with Gasteiger partial charge >= 0.3 is 0 Å². The summed E-state index contributed by atoms with van der Waals surface area (Å²) in [7, 11) is 0. The van der Waals surface area contributed by atoms with Crippen LogP contribution in [0.2, 0.25) is 0 Å². The molecule has 2 heterocycles. The predicted molar refractivity (Wildman–Crippen MR) is 110 cm³/mol. The van der Waals surface area contributed by atoms with Crippen LogP contribution >= 0.6 is 49.6 Å². The molecule has 0 unspecified atom stereocenters. The van der Waals surface area contributed by atoms with Gasteiger partial charge in [-0.1, -0.05) is 0 Å². The minimum absolute atomic E-state index is 0. The van der Waals surface area contributed by atoms with Crippen LogP contribution in [0, 0.1) is 0 Å². The van der Waals surface area contributed by atoms with Gasteiger partial charge in [-0.05, 0) is 0 Å². The van der Waals surface area contributed by atoms with E-state index in [1.165, 1.54) is 24.5 Å². The van der Waals surface area contributed by atoms with Crippen molar-refractivity contribution in [2.24, 2.45) is 0 Å². The molecule has 2 rings (SSSR count). The molecule has 8 nitrogen and oxygen atoms in total. The van der Waals surface area contributed by atoms with E-state index < -0.39 is 10.9 Å². The lowest BCUT2D eigenvalue weighted by atomic mass is 10.3. The third kappa shape index (κ3) is 8.31. The number of halogens is 4. The molecule has 0 aliphatic carbocycles. The molecule has 0 saturated heterocycles. The molecule has 0 spiro atoms. The van der Waals surface area contributed by atoms with Crippen molar-refractivity contribution >= 4 is 49.6 Å². The van der Waals surface area contributed by atoms with Crippen molar-refractivity contribution in [1.29, 1.82) is 0 Å². The maximum Gasteiger partial charge on any atom is 0.223 e. The third-order valence-corrected chi connectivity index (χ3v) is 3.11. The Morgan fingerprint density at radius 2 is 1.08 bits per heavy atom. The highest BCUT2D eigenvalue weighted by Crippen LogP contribution is 2.06. The predicted octanol–water partition coefficient (Wildman–Crippen LogP) is 1.04. The normalized spacial score (nSPS) is 9.08. The summed E-state index contributed by atoms with van der Waals surface area (Å²) in [4.78, 5) is 28.1. The van der Waals surface area contributed by atoms with E-state index in [2.05, 4.69) is 20.6 Å². The molecule has 2 aromatic rings. The van der Waals surface area contributed by atoms with E-state index >= 15 is 0 Å². The average Bonchev–Trinajstić information content (AvgIpc) is 2.51. The van der Waals surface area contributed by atoms with Gasteiger partial charge in [-0.2, -0.15) is 0 Å². The second-order valence-electron chi connectivity index (χ2n) is 4.69. The Morgan fingerprint density at radius 1 is 0.731 bits per heavy atom. The summed E-state index contributed by atoms with van der Waals surface area (Å²) < 4.78 is 0. The standard InChI is InChI=1S/C14H18N4O4.4ClH/c19-11-1-3-17-9(13(11)21)7-15-5-6-16-8-10-14(22)12(20)2-4-18-10;;;;/h1-4,15-16,21-22H,5-8H2,(H,17,19)(H,18,20);4*1H. The second-order valence-corrected chi connectivity index (χ2v) is 4.69. The van der Waals surface area contributed by atoms with E-state index in [9.17, 15) is 19.8 Å². The van der Waals surface area contributed by atoms with Crippen molar-refractivity contribution in [2.75, 3.05) is 13.1 Å². The highest BCUT2D eigenvalue weighted by molar-refractivity contribution is 5.86. The number of nitrogens with one attached hydrogen (secondary N) is 4. The number of hydrogen-bond acceptors (Lipinski definition) is 6. The Bertz CT molecular complexity index is 691. The Labute approximate surface area is 174 Å². The highest BCUT2D eigenvalue weighted by Gasteiger charge is 2.05. The SMILES string of the molecule is Cl.Cl.Cl.Cl.O=c1cc[nH]c(CNCCNCc2[nH]ccc(=O)c2O)c1O. The van der Waals surface area contributed by atoms with E-state index in [0.717, 1.165) is 0 Å². The van der Waals surface area contributed by atoms with Crippen molar-refractivity contribution in [3.05, 3.63) is 56.4 Å². The van der Waals surface area contributed by atoms with E-state index in [4.69, 9.17) is 0 Å². The lowest BCUT2D eigenvalue weighted by Crippen LogP contribution is -2.28. The van der Waals surface area contributed by atoms with Crippen LogP contribution in [0.1, 0.15) is 11.4 Å². The number of aromatic amines is 2. The number of pyridine rings is 2. The second kappa shape index (κ2) is 14.7. The minimum atomic E-state index is -0.419. The van der Waals surface area contributed by atoms with Gasteiger partial charge < -0.3 is 30.8 Å². The average molecular weight is 452 g/mol. The Hall–Kier alpha value is -1.42. The van der Waals surface area contributed by atoms with Crippen LogP contribution in [0.4, 0.5) is 0 Å². The molecular weight excluding hydrogens is 430 g/mol. The first-order chi connectivity index (χ1) is 10.6. The Morgan fingerprint density at radius 3 is 1.42 bits per heavy atom. The lowest BCUT2D eigenvalue weighted by molar-refractivity contribution is 0.450. The Balaban J connectivity index is -0.00000132. The van der Waals surface area contributed by atoms with E-state index in [1.54, 1.807) is 0 Å². The first-order valence-electron chi connectivity index (χ1n) is 6.80. The molecule has 0 aliphatic rings. The van der Waals surface area contributed by atoms with Gasteiger partial charge in [0, 0.05) is 50.7 Å².